The van der Waals surface area contributed by atoms with E-state index in [1.54, 1.807) is 6.20 Å². The van der Waals surface area contributed by atoms with Crippen molar-refractivity contribution in [3.05, 3.63) is 47.8 Å². The van der Waals surface area contributed by atoms with Gasteiger partial charge >= 0.3 is 0 Å². The Morgan fingerprint density at radius 3 is 2.50 bits per heavy atom. The highest BCUT2D eigenvalue weighted by atomic mass is 14.7. The van der Waals surface area contributed by atoms with E-state index < -0.39 is 0 Å². The highest BCUT2D eigenvalue weighted by Gasteiger charge is 2.14. The summed E-state index contributed by atoms with van der Waals surface area (Å²) in [6.07, 6.45) is 3.58. The van der Waals surface area contributed by atoms with Crippen molar-refractivity contribution < 1.29 is 0 Å². The van der Waals surface area contributed by atoms with E-state index in [4.69, 9.17) is 5.73 Å². The summed E-state index contributed by atoms with van der Waals surface area (Å²) in [7, 11) is 0. The summed E-state index contributed by atoms with van der Waals surface area (Å²) in [5, 5.41) is 0. The van der Waals surface area contributed by atoms with Gasteiger partial charge in [-0.25, -0.2) is 0 Å². The van der Waals surface area contributed by atoms with E-state index in [0.29, 0.717) is 0 Å². The van der Waals surface area contributed by atoms with Crippen molar-refractivity contribution in [2.75, 3.05) is 5.73 Å². The molecule has 1 aromatic heterocycles. The van der Waals surface area contributed by atoms with Gasteiger partial charge in [0.15, 0.2) is 0 Å². The Kier molecular flexibility index (Phi) is 3.12. The monoisotopic (exact) mass is 240 g/mol. The molecule has 0 aliphatic carbocycles. The van der Waals surface area contributed by atoms with Crippen LogP contribution in [0.5, 0.6) is 0 Å². The van der Waals surface area contributed by atoms with Crippen molar-refractivity contribution in [2.24, 2.45) is 0 Å². The van der Waals surface area contributed by atoms with Crippen LogP contribution in [0.3, 0.4) is 0 Å². The Bertz CT molecular complexity index is 566. The molecule has 2 rings (SSSR count). The first-order chi connectivity index (χ1) is 8.39. The fourth-order valence-electron chi connectivity index (χ4n) is 1.99. The van der Waals surface area contributed by atoms with Crippen LogP contribution < -0.4 is 5.73 Å². The molecule has 0 atom stereocenters. The molecule has 1 heterocycles. The predicted octanol–water partition coefficient (Wildman–Crippen LogP) is 3.94. The van der Waals surface area contributed by atoms with Crippen molar-refractivity contribution in [1.82, 2.24) is 4.98 Å². The average molecular weight is 240 g/mol. The van der Waals surface area contributed by atoms with E-state index in [0.717, 1.165) is 16.8 Å². The Morgan fingerprint density at radius 2 is 1.83 bits per heavy atom. The first kappa shape index (κ1) is 12.6. The number of anilines is 1. The molecule has 0 unspecified atom stereocenters. The van der Waals surface area contributed by atoms with E-state index in [1.807, 2.05) is 13.1 Å². The van der Waals surface area contributed by atoms with Crippen molar-refractivity contribution in [2.45, 2.75) is 33.1 Å². The summed E-state index contributed by atoms with van der Waals surface area (Å²) in [4.78, 5) is 4.19. The molecule has 0 aliphatic rings. The Hall–Kier alpha value is -1.83. The second-order valence-corrected chi connectivity index (χ2v) is 5.73. The van der Waals surface area contributed by atoms with Gasteiger partial charge in [0, 0.05) is 11.8 Å². The molecule has 1 aromatic carbocycles. The first-order valence-corrected chi connectivity index (χ1v) is 6.20. The second kappa shape index (κ2) is 4.45. The highest BCUT2D eigenvalue weighted by Crippen LogP contribution is 2.30. The zero-order valence-corrected chi connectivity index (χ0v) is 11.5. The highest BCUT2D eigenvalue weighted by molar-refractivity contribution is 5.71. The van der Waals surface area contributed by atoms with E-state index in [-0.39, 0.29) is 5.41 Å². The largest absolute Gasteiger partial charge is 0.397 e. The molecule has 0 saturated carbocycles. The summed E-state index contributed by atoms with van der Waals surface area (Å²) < 4.78 is 0. The number of aromatic nitrogens is 1. The first-order valence-electron chi connectivity index (χ1n) is 6.20. The lowest BCUT2D eigenvalue weighted by molar-refractivity contribution is 0.590. The smallest absolute Gasteiger partial charge is 0.0536 e. The molecular formula is C16H20N2. The molecule has 0 spiro atoms. The van der Waals surface area contributed by atoms with Gasteiger partial charge in [-0.15, -0.1) is 0 Å². The molecule has 94 valence electrons. The molecule has 0 radical (unpaired) electrons. The molecule has 18 heavy (non-hydrogen) atoms. The van der Waals surface area contributed by atoms with Crippen LogP contribution in [0, 0.1) is 6.92 Å². The zero-order valence-electron chi connectivity index (χ0n) is 11.5. The van der Waals surface area contributed by atoms with Crippen LogP contribution in [-0.4, -0.2) is 4.98 Å². The molecule has 0 amide bonds. The number of pyridine rings is 1. The maximum Gasteiger partial charge on any atom is 0.0536 e. The third-order valence-corrected chi connectivity index (χ3v) is 3.29. The summed E-state index contributed by atoms with van der Waals surface area (Å²) >= 11 is 0. The van der Waals surface area contributed by atoms with Crippen LogP contribution in [0.25, 0.3) is 11.1 Å². The van der Waals surface area contributed by atoms with Crippen LogP contribution in [-0.2, 0) is 5.41 Å². The van der Waals surface area contributed by atoms with Crippen LogP contribution >= 0.6 is 0 Å². The third kappa shape index (κ3) is 2.37. The summed E-state index contributed by atoms with van der Waals surface area (Å²) in [6, 6.07) is 8.60. The number of nitrogen functional groups attached to an aromatic ring is 1. The average Bonchev–Trinajstić information content (AvgIpc) is 2.32. The number of nitrogens with zero attached hydrogens (tertiary/aromatic N) is 1. The Balaban J connectivity index is 2.55. The molecular weight excluding hydrogens is 220 g/mol. The molecule has 0 bridgehead atoms. The molecule has 2 aromatic rings. The molecule has 0 aliphatic heterocycles. The van der Waals surface area contributed by atoms with Gasteiger partial charge in [-0.1, -0.05) is 45.0 Å². The van der Waals surface area contributed by atoms with Gasteiger partial charge in [-0.3, -0.25) is 4.98 Å². The number of rotatable bonds is 1. The lowest BCUT2D eigenvalue weighted by Crippen LogP contribution is -2.10. The molecule has 2 nitrogen and oxygen atoms in total. The number of hydrogen-bond acceptors (Lipinski definition) is 2. The SMILES string of the molecule is Cc1c(N)cncc1-c1cccc(C(C)(C)C)c1. The minimum atomic E-state index is 0.150. The van der Waals surface area contributed by atoms with Crippen LogP contribution in [0.2, 0.25) is 0 Å². The number of benzene rings is 1. The lowest BCUT2D eigenvalue weighted by atomic mass is 9.85. The minimum absolute atomic E-state index is 0.150. The van der Waals surface area contributed by atoms with Gasteiger partial charge < -0.3 is 5.73 Å². The number of hydrogen-bond donors (Lipinski definition) is 1. The molecule has 2 N–H and O–H groups in total. The van der Waals surface area contributed by atoms with Crippen LogP contribution in [0.1, 0.15) is 31.9 Å². The van der Waals surface area contributed by atoms with Crippen molar-refractivity contribution in [3.8, 4) is 11.1 Å². The van der Waals surface area contributed by atoms with Gasteiger partial charge in [0.2, 0.25) is 0 Å². The van der Waals surface area contributed by atoms with E-state index in [9.17, 15) is 0 Å². The minimum Gasteiger partial charge on any atom is -0.397 e. The fraction of sp³-hybridized carbons (Fsp3) is 0.312. The summed E-state index contributed by atoms with van der Waals surface area (Å²) in [5.74, 6) is 0. The molecule has 2 heteroatoms. The topological polar surface area (TPSA) is 38.9 Å². The zero-order chi connectivity index (χ0) is 13.3. The fourth-order valence-corrected chi connectivity index (χ4v) is 1.99. The quantitative estimate of drug-likeness (QED) is 0.820. The van der Waals surface area contributed by atoms with Crippen molar-refractivity contribution in [3.63, 3.8) is 0 Å². The maximum absolute atomic E-state index is 5.92. The van der Waals surface area contributed by atoms with Gasteiger partial charge in [0.25, 0.3) is 0 Å². The van der Waals surface area contributed by atoms with E-state index in [1.165, 1.54) is 11.1 Å². The normalized spacial score (nSPS) is 11.6. The maximum atomic E-state index is 5.92. The predicted molar refractivity (Wildman–Crippen MR) is 77.5 cm³/mol. The van der Waals surface area contributed by atoms with Crippen LogP contribution in [0.15, 0.2) is 36.7 Å². The van der Waals surface area contributed by atoms with E-state index >= 15 is 0 Å². The molecule has 0 fully saturated rings. The standard InChI is InChI=1S/C16H20N2/c1-11-14(9-18-10-15(11)17)12-6-5-7-13(8-12)16(2,3)4/h5-10H,17H2,1-4H3. The van der Waals surface area contributed by atoms with Crippen molar-refractivity contribution in [1.29, 1.82) is 0 Å². The van der Waals surface area contributed by atoms with Gasteiger partial charge in [-0.05, 0) is 29.0 Å². The Morgan fingerprint density at radius 1 is 1.11 bits per heavy atom. The third-order valence-electron chi connectivity index (χ3n) is 3.29. The lowest BCUT2D eigenvalue weighted by Gasteiger charge is -2.20. The second-order valence-electron chi connectivity index (χ2n) is 5.73. The van der Waals surface area contributed by atoms with Gasteiger partial charge in [0.1, 0.15) is 0 Å². The summed E-state index contributed by atoms with van der Waals surface area (Å²) in [5.41, 5.74) is 11.5. The van der Waals surface area contributed by atoms with Gasteiger partial charge in [0.05, 0.1) is 11.9 Å². The van der Waals surface area contributed by atoms with Crippen LogP contribution in [0.4, 0.5) is 5.69 Å². The van der Waals surface area contributed by atoms with Crippen molar-refractivity contribution >= 4 is 5.69 Å². The number of nitrogens with two attached hydrogens (primary N) is 1. The summed E-state index contributed by atoms with van der Waals surface area (Å²) in [6.45, 7) is 8.69. The Labute approximate surface area is 109 Å². The molecule has 0 saturated heterocycles. The van der Waals surface area contributed by atoms with Gasteiger partial charge in [-0.2, -0.15) is 0 Å². The van der Waals surface area contributed by atoms with E-state index in [2.05, 4.69) is 50.0 Å².